The third-order valence-electron chi connectivity index (χ3n) is 4.71. The summed E-state index contributed by atoms with van der Waals surface area (Å²) in [4.78, 5) is 42.8. The van der Waals surface area contributed by atoms with Crippen molar-refractivity contribution in [2.75, 3.05) is 23.3 Å². The van der Waals surface area contributed by atoms with Crippen LogP contribution in [0, 0.1) is 11.2 Å². The minimum absolute atomic E-state index is 0.0320. The summed E-state index contributed by atoms with van der Waals surface area (Å²) >= 11 is 0. The van der Waals surface area contributed by atoms with Crippen LogP contribution in [-0.4, -0.2) is 40.8 Å². The first-order valence-electron chi connectivity index (χ1n) is 10.1. The Kier molecular flexibility index (Phi) is 7.85. The van der Waals surface area contributed by atoms with Gasteiger partial charge in [0.15, 0.2) is 5.78 Å². The van der Waals surface area contributed by atoms with Gasteiger partial charge in [-0.05, 0) is 36.8 Å². The van der Waals surface area contributed by atoms with Gasteiger partial charge >= 0.3 is 5.97 Å². The zero-order valence-corrected chi connectivity index (χ0v) is 18.2. The summed E-state index contributed by atoms with van der Waals surface area (Å²) in [6.07, 6.45) is 2.99. The number of amides is 1. The second-order valence-electron chi connectivity index (χ2n) is 8.31. The third kappa shape index (κ3) is 6.60. The number of unbranched alkanes of at least 4 members (excludes halogenated alkanes) is 1. The van der Waals surface area contributed by atoms with Gasteiger partial charge in [0.1, 0.15) is 17.2 Å². The van der Waals surface area contributed by atoms with E-state index < -0.39 is 23.1 Å². The average Bonchev–Trinajstić information content (AvgIpc) is 2.70. The molecule has 0 aliphatic carbocycles. The second-order valence-corrected chi connectivity index (χ2v) is 8.31. The van der Waals surface area contributed by atoms with Crippen molar-refractivity contribution in [3.8, 4) is 0 Å². The number of ketones is 1. The number of hydrogen-bond acceptors (Lipinski definition) is 5. The van der Waals surface area contributed by atoms with Crippen molar-refractivity contribution in [2.24, 2.45) is 5.41 Å². The van der Waals surface area contributed by atoms with Crippen LogP contribution in [0.2, 0.25) is 0 Å². The lowest BCUT2D eigenvalue weighted by atomic mass is 9.90. The zero-order valence-electron chi connectivity index (χ0n) is 18.2. The molecule has 0 unspecified atom stereocenters. The predicted molar refractivity (Wildman–Crippen MR) is 117 cm³/mol. The van der Waals surface area contributed by atoms with Gasteiger partial charge in [-0.2, -0.15) is 0 Å². The van der Waals surface area contributed by atoms with Crippen molar-refractivity contribution in [2.45, 2.75) is 40.5 Å². The van der Waals surface area contributed by atoms with Crippen molar-refractivity contribution in [1.29, 1.82) is 0 Å². The number of rotatable bonds is 9. The molecule has 2 N–H and O–H groups in total. The maximum atomic E-state index is 13.1. The standard InChI is InChI=1S/C23H28FN3O4/c1-5-6-11-27(14-19(28)23(2,3)4)20-18(22(30)31)12-17(13-25-20)26-21(29)15-7-9-16(24)10-8-15/h7-10,12-13H,5-6,11,14H2,1-4H3,(H,26,29)(H,30,31). The lowest BCUT2D eigenvalue weighted by Gasteiger charge is -2.28. The van der Waals surface area contributed by atoms with Crippen LogP contribution in [-0.2, 0) is 4.79 Å². The molecule has 0 saturated heterocycles. The van der Waals surface area contributed by atoms with Gasteiger partial charge in [-0.3, -0.25) is 9.59 Å². The fourth-order valence-corrected chi connectivity index (χ4v) is 2.76. The van der Waals surface area contributed by atoms with Crippen LogP contribution in [0.4, 0.5) is 15.9 Å². The van der Waals surface area contributed by atoms with Crippen molar-refractivity contribution >= 4 is 29.2 Å². The van der Waals surface area contributed by atoms with E-state index in [1.54, 1.807) is 4.90 Å². The van der Waals surface area contributed by atoms with Crippen molar-refractivity contribution < 1.29 is 23.9 Å². The molecular formula is C23H28FN3O4. The molecule has 0 aliphatic rings. The topological polar surface area (TPSA) is 99.6 Å². The van der Waals surface area contributed by atoms with Gasteiger partial charge < -0.3 is 15.3 Å². The number of carbonyl (C=O) groups is 3. The van der Waals surface area contributed by atoms with E-state index >= 15 is 0 Å². The van der Waals surface area contributed by atoms with Gasteiger partial charge in [0.25, 0.3) is 5.91 Å². The number of nitrogens with one attached hydrogen (secondary N) is 1. The summed E-state index contributed by atoms with van der Waals surface area (Å²) in [7, 11) is 0. The summed E-state index contributed by atoms with van der Waals surface area (Å²) in [5.41, 5.74) is -0.276. The highest BCUT2D eigenvalue weighted by molar-refractivity contribution is 6.05. The fraction of sp³-hybridized carbons (Fsp3) is 0.391. The van der Waals surface area contributed by atoms with Gasteiger partial charge in [0, 0.05) is 17.5 Å². The Morgan fingerprint density at radius 1 is 1.16 bits per heavy atom. The fourth-order valence-electron chi connectivity index (χ4n) is 2.76. The highest BCUT2D eigenvalue weighted by Gasteiger charge is 2.26. The maximum absolute atomic E-state index is 13.1. The predicted octanol–water partition coefficient (Wildman–Crippen LogP) is 4.39. The molecule has 1 heterocycles. The summed E-state index contributed by atoms with van der Waals surface area (Å²) < 4.78 is 13.1. The molecule has 0 aliphatic heterocycles. The van der Waals surface area contributed by atoms with Crippen molar-refractivity contribution in [3.63, 3.8) is 0 Å². The van der Waals surface area contributed by atoms with E-state index in [0.29, 0.717) is 6.54 Å². The molecule has 0 bridgehead atoms. The van der Waals surface area contributed by atoms with Gasteiger partial charge in [0.2, 0.25) is 0 Å². The molecule has 1 aromatic heterocycles. The van der Waals surface area contributed by atoms with E-state index in [0.717, 1.165) is 25.0 Å². The van der Waals surface area contributed by atoms with Crippen LogP contribution in [0.15, 0.2) is 36.5 Å². The molecule has 166 valence electrons. The SMILES string of the molecule is CCCCN(CC(=O)C(C)(C)C)c1ncc(NC(=O)c2ccc(F)cc2)cc1C(=O)O. The smallest absolute Gasteiger partial charge is 0.339 e. The molecular weight excluding hydrogens is 401 g/mol. The summed E-state index contributed by atoms with van der Waals surface area (Å²) in [5.74, 6) is -2.05. The lowest BCUT2D eigenvalue weighted by Crippen LogP contribution is -2.37. The summed E-state index contributed by atoms with van der Waals surface area (Å²) in [6, 6.07) is 6.30. The van der Waals surface area contributed by atoms with Crippen molar-refractivity contribution in [1.82, 2.24) is 4.98 Å². The molecule has 31 heavy (non-hydrogen) atoms. The molecule has 0 spiro atoms. The van der Waals surface area contributed by atoms with E-state index in [2.05, 4.69) is 10.3 Å². The van der Waals surface area contributed by atoms with Gasteiger partial charge in [-0.25, -0.2) is 14.2 Å². The van der Waals surface area contributed by atoms with Crippen molar-refractivity contribution in [3.05, 3.63) is 53.5 Å². The van der Waals surface area contributed by atoms with Crippen LogP contribution in [0.5, 0.6) is 0 Å². The van der Waals surface area contributed by atoms with Crippen LogP contribution in [0.3, 0.4) is 0 Å². The molecule has 0 atom stereocenters. The Labute approximate surface area is 181 Å². The Balaban J connectivity index is 2.33. The number of carbonyl (C=O) groups excluding carboxylic acids is 2. The first kappa shape index (κ1) is 24.0. The number of carboxylic acids is 1. The van der Waals surface area contributed by atoms with Crippen LogP contribution in [0.25, 0.3) is 0 Å². The molecule has 0 saturated carbocycles. The minimum Gasteiger partial charge on any atom is -0.478 e. The number of Topliss-reactive ketones (excluding diaryl/α,β-unsaturated/α-hetero) is 1. The van der Waals surface area contributed by atoms with E-state index in [1.165, 1.54) is 24.4 Å². The number of nitrogens with zero attached hydrogens (tertiary/aromatic N) is 2. The number of aromatic nitrogens is 1. The Morgan fingerprint density at radius 3 is 2.35 bits per heavy atom. The molecule has 2 aromatic rings. The van der Waals surface area contributed by atoms with Gasteiger partial charge in [-0.1, -0.05) is 34.1 Å². The largest absolute Gasteiger partial charge is 0.478 e. The number of hydrogen-bond donors (Lipinski definition) is 2. The van der Waals surface area contributed by atoms with Gasteiger partial charge in [-0.15, -0.1) is 0 Å². The first-order valence-corrected chi connectivity index (χ1v) is 10.1. The summed E-state index contributed by atoms with van der Waals surface area (Å²) in [6.45, 7) is 7.96. The highest BCUT2D eigenvalue weighted by Crippen LogP contribution is 2.24. The number of anilines is 2. The third-order valence-corrected chi connectivity index (χ3v) is 4.71. The van der Waals surface area contributed by atoms with E-state index in [9.17, 15) is 23.9 Å². The monoisotopic (exact) mass is 429 g/mol. The molecule has 7 nitrogen and oxygen atoms in total. The van der Waals surface area contributed by atoms with Crippen LogP contribution >= 0.6 is 0 Å². The minimum atomic E-state index is -1.22. The molecule has 2 rings (SSSR count). The lowest BCUT2D eigenvalue weighted by molar-refractivity contribution is -0.124. The number of carboxylic acid groups (broad SMARTS) is 1. The summed E-state index contributed by atoms with van der Waals surface area (Å²) in [5, 5.41) is 12.3. The van der Waals surface area contributed by atoms with Gasteiger partial charge in [0.05, 0.1) is 18.4 Å². The molecule has 1 aromatic carbocycles. The first-order chi connectivity index (χ1) is 14.5. The van der Waals surface area contributed by atoms with Crippen LogP contribution in [0.1, 0.15) is 61.3 Å². The van der Waals surface area contributed by atoms with E-state index in [1.807, 2.05) is 27.7 Å². The van der Waals surface area contributed by atoms with Crippen LogP contribution < -0.4 is 10.2 Å². The molecule has 8 heteroatoms. The average molecular weight is 429 g/mol. The van der Waals surface area contributed by atoms with E-state index in [-0.39, 0.29) is 35.0 Å². The maximum Gasteiger partial charge on any atom is 0.339 e. The zero-order chi connectivity index (χ0) is 23.2. The second kappa shape index (κ2) is 10.1. The number of halogens is 1. The number of benzene rings is 1. The molecule has 1 amide bonds. The molecule has 0 radical (unpaired) electrons. The molecule has 0 fully saturated rings. The van der Waals surface area contributed by atoms with E-state index in [4.69, 9.17) is 0 Å². The Bertz CT molecular complexity index is 952. The Morgan fingerprint density at radius 2 is 1.81 bits per heavy atom. The Hall–Kier alpha value is -3.29. The quantitative estimate of drug-likeness (QED) is 0.613. The number of aromatic carboxylic acids is 1. The normalized spacial score (nSPS) is 11.1. The highest BCUT2D eigenvalue weighted by atomic mass is 19.1. The number of pyridine rings is 1.